The van der Waals surface area contributed by atoms with E-state index < -0.39 is 17.7 Å². The maximum absolute atomic E-state index is 14.9. The zero-order valence-corrected chi connectivity index (χ0v) is 29.4. The van der Waals surface area contributed by atoms with Crippen molar-refractivity contribution in [3.05, 3.63) is 63.0 Å². The highest BCUT2D eigenvalue weighted by Crippen LogP contribution is 2.39. The molecule has 10 nitrogen and oxygen atoms in total. The average molecular weight is 719 g/mol. The van der Waals surface area contributed by atoms with E-state index in [1.54, 1.807) is 26.4 Å². The van der Waals surface area contributed by atoms with Crippen molar-refractivity contribution in [1.29, 1.82) is 0 Å². The molecular formula is C35H41Cl2N3O7S. The molecular weight excluding hydrogens is 677 g/mol. The predicted molar refractivity (Wildman–Crippen MR) is 186 cm³/mol. The van der Waals surface area contributed by atoms with Crippen LogP contribution in [0.1, 0.15) is 54.4 Å². The molecule has 1 aliphatic carbocycles. The van der Waals surface area contributed by atoms with Gasteiger partial charge in [0, 0.05) is 67.3 Å². The Balaban J connectivity index is 1.29. The summed E-state index contributed by atoms with van der Waals surface area (Å²) in [5, 5.41) is 15.7. The Morgan fingerprint density at radius 2 is 1.62 bits per heavy atom. The Morgan fingerprint density at radius 1 is 0.958 bits per heavy atom. The van der Waals surface area contributed by atoms with Gasteiger partial charge in [-0.2, -0.15) is 0 Å². The molecule has 0 bridgehead atoms. The number of likely N-dealkylation sites (tertiary alicyclic amines) is 2. The second-order valence-corrected chi connectivity index (χ2v) is 14.5. The molecule has 3 fully saturated rings. The Labute approximate surface area is 294 Å². The average Bonchev–Trinajstić information content (AvgIpc) is 3.86. The second kappa shape index (κ2) is 15.1. The van der Waals surface area contributed by atoms with Crippen LogP contribution in [0.5, 0.6) is 0 Å². The van der Waals surface area contributed by atoms with Crippen LogP contribution in [0.2, 0.25) is 10.0 Å². The van der Waals surface area contributed by atoms with E-state index in [4.69, 9.17) is 37.4 Å². The number of fused-ring (bicyclic) bond motifs is 1. The van der Waals surface area contributed by atoms with Crippen molar-refractivity contribution in [2.45, 2.75) is 69.1 Å². The molecule has 6 rings (SSSR count). The van der Waals surface area contributed by atoms with Gasteiger partial charge in [-0.1, -0.05) is 41.4 Å². The lowest BCUT2D eigenvalue weighted by Gasteiger charge is -2.48. The maximum atomic E-state index is 14.9. The first-order valence-electron chi connectivity index (χ1n) is 16.4. The summed E-state index contributed by atoms with van der Waals surface area (Å²) in [6.45, 7) is 2.16. The molecule has 2 saturated heterocycles. The fraction of sp³-hybridized carbons (Fsp3) is 0.514. The number of aliphatic carboxylic acids is 1. The summed E-state index contributed by atoms with van der Waals surface area (Å²) in [6.07, 6.45) is 2.97. The highest BCUT2D eigenvalue weighted by Gasteiger charge is 2.56. The van der Waals surface area contributed by atoms with Crippen LogP contribution in [0, 0.1) is 5.92 Å². The number of methoxy groups -OCH3 is 2. The zero-order chi connectivity index (χ0) is 34.0. The normalized spacial score (nSPS) is 24.9. The first-order valence-corrected chi connectivity index (χ1v) is 18.0. The van der Waals surface area contributed by atoms with Gasteiger partial charge in [0.05, 0.1) is 40.5 Å². The van der Waals surface area contributed by atoms with Crippen LogP contribution in [0.4, 0.5) is 5.69 Å². The van der Waals surface area contributed by atoms with Gasteiger partial charge in [0.1, 0.15) is 0 Å². The van der Waals surface area contributed by atoms with Crippen LogP contribution in [-0.4, -0.2) is 97.1 Å². The summed E-state index contributed by atoms with van der Waals surface area (Å²) >= 11 is 15.0. The van der Waals surface area contributed by atoms with Gasteiger partial charge >= 0.3 is 5.97 Å². The lowest BCUT2D eigenvalue weighted by molar-refractivity contribution is -0.253. The van der Waals surface area contributed by atoms with Crippen molar-refractivity contribution in [3.8, 4) is 0 Å². The number of thiophene rings is 1. The Hall–Kier alpha value is -2.61. The summed E-state index contributed by atoms with van der Waals surface area (Å²) in [5.41, 5.74) is 1.40. The molecule has 3 heterocycles. The number of amides is 1. The largest absolute Gasteiger partial charge is 0.481 e. The van der Waals surface area contributed by atoms with Crippen LogP contribution in [0.3, 0.4) is 0 Å². The number of hydrogen-bond donors (Lipinski definition) is 2. The van der Waals surface area contributed by atoms with Crippen molar-refractivity contribution < 1.29 is 33.7 Å². The molecule has 48 heavy (non-hydrogen) atoms. The van der Waals surface area contributed by atoms with E-state index in [9.17, 15) is 19.5 Å². The maximum Gasteiger partial charge on any atom is 0.306 e. The third kappa shape index (κ3) is 7.02. The number of ketones is 1. The molecule has 258 valence electrons. The van der Waals surface area contributed by atoms with Gasteiger partial charge in [-0.25, -0.2) is 0 Å². The lowest BCUT2D eigenvalue weighted by atomic mass is 9.87. The quantitative estimate of drug-likeness (QED) is 0.222. The zero-order valence-electron chi connectivity index (χ0n) is 27.1. The van der Waals surface area contributed by atoms with Crippen molar-refractivity contribution in [1.82, 2.24) is 9.80 Å². The molecule has 0 radical (unpaired) electrons. The molecule has 1 aromatic heterocycles. The number of carbonyl (C=O) groups excluding carboxylic acids is 2. The van der Waals surface area contributed by atoms with Crippen molar-refractivity contribution >= 4 is 68.0 Å². The number of rotatable bonds is 12. The van der Waals surface area contributed by atoms with Crippen LogP contribution in [0.25, 0.3) is 10.1 Å². The van der Waals surface area contributed by atoms with E-state index in [0.29, 0.717) is 73.7 Å². The molecule has 3 atom stereocenters. The van der Waals surface area contributed by atoms with Crippen molar-refractivity contribution in [2.75, 3.05) is 45.7 Å². The summed E-state index contributed by atoms with van der Waals surface area (Å²) in [5.74, 6) is -3.15. The molecule has 3 aliphatic rings. The predicted octanol–water partition coefficient (Wildman–Crippen LogP) is 6.33. The Bertz CT molecular complexity index is 1640. The van der Waals surface area contributed by atoms with Crippen molar-refractivity contribution in [3.63, 3.8) is 0 Å². The summed E-state index contributed by atoms with van der Waals surface area (Å²) in [4.78, 5) is 44.0. The summed E-state index contributed by atoms with van der Waals surface area (Å²) < 4.78 is 19.5. The molecule has 3 aromatic rings. The standard InChI is InChI=1S/C35H41Cl2N3O7S/c1-45-29-18-40(19-30(29)46-2)35(39-13-5-6-14-39,47-23-11-9-21(10-12-23)34(43)44)32(41)16-22-15-27(37)28(17-26(22)36)38-33(42)25-20-48-31-8-4-3-7-24(25)31/h3-4,7-8,15,17,20-21,23,29-30H,5-6,9-14,16,18-19H2,1-2H3,(H,38,42)(H,43,44)/t21?,23?,29-,30+,35?. The summed E-state index contributed by atoms with van der Waals surface area (Å²) in [7, 11) is 3.27. The van der Waals surface area contributed by atoms with Crippen molar-refractivity contribution in [2.24, 2.45) is 5.92 Å². The van der Waals surface area contributed by atoms with Gasteiger partial charge in [-0.3, -0.25) is 24.2 Å². The first kappa shape index (κ1) is 35.2. The monoisotopic (exact) mass is 717 g/mol. The number of ether oxygens (including phenoxy) is 3. The minimum Gasteiger partial charge on any atom is -0.481 e. The number of carboxylic acids is 1. The molecule has 0 spiro atoms. The minimum atomic E-state index is -1.44. The molecule has 1 amide bonds. The van der Waals surface area contributed by atoms with E-state index >= 15 is 0 Å². The second-order valence-electron chi connectivity index (χ2n) is 12.8. The number of carbonyl (C=O) groups is 3. The van der Waals surface area contributed by atoms with E-state index in [2.05, 4.69) is 10.2 Å². The number of benzene rings is 2. The molecule has 2 N–H and O–H groups in total. The van der Waals surface area contributed by atoms with Gasteiger partial charge in [0.2, 0.25) is 5.85 Å². The minimum absolute atomic E-state index is 0.0747. The number of hydrogen-bond acceptors (Lipinski definition) is 9. The van der Waals surface area contributed by atoms with Gasteiger partial charge in [-0.05, 0) is 62.3 Å². The highest BCUT2D eigenvalue weighted by atomic mass is 35.5. The van der Waals surface area contributed by atoms with Crippen LogP contribution < -0.4 is 5.32 Å². The smallest absolute Gasteiger partial charge is 0.306 e. The molecule has 1 saturated carbocycles. The number of Topliss-reactive ketones (excluding diaryl/α,β-unsaturated/α-hetero) is 1. The number of carboxylic acid groups (broad SMARTS) is 1. The van der Waals surface area contributed by atoms with Crippen LogP contribution in [-0.2, 0) is 30.2 Å². The highest BCUT2D eigenvalue weighted by molar-refractivity contribution is 7.17. The van der Waals surface area contributed by atoms with E-state index in [0.717, 1.165) is 22.9 Å². The number of nitrogens with one attached hydrogen (secondary N) is 1. The van der Waals surface area contributed by atoms with E-state index in [1.165, 1.54) is 11.3 Å². The Morgan fingerprint density at radius 3 is 2.27 bits per heavy atom. The van der Waals surface area contributed by atoms with Gasteiger partial charge < -0.3 is 24.6 Å². The van der Waals surface area contributed by atoms with E-state index in [-0.39, 0.29) is 41.4 Å². The lowest BCUT2D eigenvalue weighted by Crippen LogP contribution is -2.67. The summed E-state index contributed by atoms with van der Waals surface area (Å²) in [6, 6.07) is 10.9. The molecule has 13 heteroatoms. The first-order chi connectivity index (χ1) is 23.1. The number of halogens is 2. The van der Waals surface area contributed by atoms with E-state index in [1.807, 2.05) is 34.5 Å². The van der Waals surface area contributed by atoms with Gasteiger partial charge in [0.25, 0.3) is 5.91 Å². The fourth-order valence-corrected chi connectivity index (χ4v) is 8.75. The van der Waals surface area contributed by atoms with Crippen LogP contribution in [0.15, 0.2) is 41.8 Å². The van der Waals surface area contributed by atoms with Gasteiger partial charge in [0.15, 0.2) is 5.78 Å². The van der Waals surface area contributed by atoms with Crippen LogP contribution >= 0.6 is 34.5 Å². The molecule has 2 aromatic carbocycles. The third-order valence-electron chi connectivity index (χ3n) is 9.96. The fourth-order valence-electron chi connectivity index (χ4n) is 7.34. The molecule has 2 aliphatic heterocycles. The number of nitrogens with zero attached hydrogens (tertiary/aromatic N) is 2. The number of anilines is 1. The van der Waals surface area contributed by atoms with Gasteiger partial charge in [-0.15, -0.1) is 11.3 Å². The SMILES string of the molecule is CO[C@H]1CN(C(OC2CCC(C(=O)O)CC2)(C(=O)Cc2cc(Cl)c(NC(=O)c3csc4ccccc34)cc2Cl)N2CCCC2)C[C@H]1OC. The molecule has 1 unspecified atom stereocenters. The Kier molecular flexibility index (Phi) is 11.1. The topological polar surface area (TPSA) is 118 Å². The third-order valence-corrected chi connectivity index (χ3v) is 11.6.